The molecule has 0 atom stereocenters. The normalized spacial score (nSPS) is 10.8. The second kappa shape index (κ2) is 7.06. The number of hydrogen-bond donors (Lipinski definition) is 2. The molecular formula is C12H21N3O2. The molecule has 5 nitrogen and oxygen atoms in total. The number of anilines is 1. The van der Waals surface area contributed by atoms with Crippen molar-refractivity contribution in [2.45, 2.75) is 33.1 Å². The van der Waals surface area contributed by atoms with E-state index in [1.807, 2.05) is 20.8 Å². The third-order valence-corrected chi connectivity index (χ3v) is 2.28. The highest BCUT2D eigenvalue weighted by Gasteiger charge is 2.04. The van der Waals surface area contributed by atoms with Gasteiger partial charge in [-0.1, -0.05) is 13.8 Å². The van der Waals surface area contributed by atoms with Crippen LogP contribution in [0.3, 0.4) is 0 Å². The Morgan fingerprint density at radius 1 is 1.53 bits per heavy atom. The Bertz CT molecular complexity index is 388. The van der Waals surface area contributed by atoms with Crippen LogP contribution in [0.5, 0.6) is 0 Å². The molecule has 0 spiro atoms. The number of hydrogen-bond acceptors (Lipinski definition) is 4. The molecule has 2 N–H and O–H groups in total. The molecule has 0 aliphatic carbocycles. The molecule has 0 saturated carbocycles. The van der Waals surface area contributed by atoms with Gasteiger partial charge in [-0.25, -0.2) is 4.98 Å². The molecule has 0 amide bonds. The fourth-order valence-electron chi connectivity index (χ4n) is 1.38. The van der Waals surface area contributed by atoms with Gasteiger partial charge in [0.05, 0.1) is 0 Å². The van der Waals surface area contributed by atoms with Gasteiger partial charge in [-0.15, -0.1) is 0 Å². The molecule has 0 radical (unpaired) electrons. The van der Waals surface area contributed by atoms with Crippen LogP contribution in [0.15, 0.2) is 10.9 Å². The summed E-state index contributed by atoms with van der Waals surface area (Å²) in [5.74, 6) is 1.56. The lowest BCUT2D eigenvalue weighted by atomic mass is 10.2. The Morgan fingerprint density at radius 2 is 2.29 bits per heavy atom. The smallest absolute Gasteiger partial charge is 0.252 e. The highest BCUT2D eigenvalue weighted by Crippen LogP contribution is 2.08. The van der Waals surface area contributed by atoms with Crippen molar-refractivity contribution in [3.8, 4) is 0 Å². The van der Waals surface area contributed by atoms with E-state index in [9.17, 15) is 4.79 Å². The van der Waals surface area contributed by atoms with Gasteiger partial charge in [0.15, 0.2) is 0 Å². The van der Waals surface area contributed by atoms with E-state index in [1.54, 1.807) is 0 Å². The summed E-state index contributed by atoms with van der Waals surface area (Å²) in [6.45, 7) is 8.19. The maximum atomic E-state index is 11.4. The van der Waals surface area contributed by atoms with Crippen LogP contribution in [-0.4, -0.2) is 29.7 Å². The quantitative estimate of drug-likeness (QED) is 0.711. The first-order valence-corrected chi connectivity index (χ1v) is 6.06. The summed E-state index contributed by atoms with van der Waals surface area (Å²) in [7, 11) is 0. The third-order valence-electron chi connectivity index (χ3n) is 2.28. The Balaban J connectivity index is 2.50. The fourth-order valence-corrected chi connectivity index (χ4v) is 1.38. The molecule has 0 aromatic carbocycles. The van der Waals surface area contributed by atoms with Crippen LogP contribution in [0.25, 0.3) is 0 Å². The third kappa shape index (κ3) is 4.99. The molecule has 96 valence electrons. The van der Waals surface area contributed by atoms with Crippen LogP contribution in [0.1, 0.15) is 38.9 Å². The highest BCUT2D eigenvalue weighted by atomic mass is 16.5. The van der Waals surface area contributed by atoms with Crippen molar-refractivity contribution >= 4 is 5.82 Å². The molecule has 1 heterocycles. The van der Waals surface area contributed by atoms with Crippen LogP contribution in [0.4, 0.5) is 5.82 Å². The van der Waals surface area contributed by atoms with E-state index in [4.69, 9.17) is 4.74 Å². The van der Waals surface area contributed by atoms with Crippen molar-refractivity contribution < 1.29 is 4.74 Å². The lowest BCUT2D eigenvalue weighted by molar-refractivity contribution is 0.147. The average molecular weight is 239 g/mol. The van der Waals surface area contributed by atoms with Crippen LogP contribution in [-0.2, 0) is 4.74 Å². The summed E-state index contributed by atoms with van der Waals surface area (Å²) in [4.78, 5) is 18.5. The molecule has 17 heavy (non-hydrogen) atoms. The van der Waals surface area contributed by atoms with E-state index in [0.29, 0.717) is 11.6 Å². The minimum absolute atomic E-state index is 0.115. The maximum absolute atomic E-state index is 11.4. The van der Waals surface area contributed by atoms with E-state index in [2.05, 4.69) is 15.3 Å². The van der Waals surface area contributed by atoms with Gasteiger partial charge >= 0.3 is 0 Å². The number of aromatic amines is 1. The molecule has 0 aliphatic rings. The molecule has 1 rings (SSSR count). The van der Waals surface area contributed by atoms with Crippen molar-refractivity contribution in [1.29, 1.82) is 0 Å². The van der Waals surface area contributed by atoms with Crippen molar-refractivity contribution in [2.75, 3.05) is 25.1 Å². The monoisotopic (exact) mass is 239 g/mol. The van der Waals surface area contributed by atoms with Crippen LogP contribution >= 0.6 is 0 Å². The van der Waals surface area contributed by atoms with Crippen molar-refractivity contribution in [3.05, 3.63) is 22.2 Å². The van der Waals surface area contributed by atoms with Crippen molar-refractivity contribution in [2.24, 2.45) is 0 Å². The minimum atomic E-state index is -0.115. The minimum Gasteiger partial charge on any atom is -0.382 e. The summed E-state index contributed by atoms with van der Waals surface area (Å²) in [5.41, 5.74) is -0.115. The molecular weight excluding hydrogens is 218 g/mol. The first kappa shape index (κ1) is 13.7. The molecule has 1 aromatic heterocycles. The fraction of sp³-hybridized carbons (Fsp3) is 0.667. The van der Waals surface area contributed by atoms with Crippen LogP contribution in [0, 0.1) is 0 Å². The maximum Gasteiger partial charge on any atom is 0.252 e. The zero-order valence-electron chi connectivity index (χ0n) is 10.7. The van der Waals surface area contributed by atoms with E-state index in [0.717, 1.165) is 26.2 Å². The first-order valence-electron chi connectivity index (χ1n) is 6.06. The second-order valence-corrected chi connectivity index (χ2v) is 4.15. The number of rotatable bonds is 7. The van der Waals surface area contributed by atoms with Gasteiger partial charge in [-0.3, -0.25) is 4.79 Å². The van der Waals surface area contributed by atoms with E-state index < -0.39 is 0 Å². The van der Waals surface area contributed by atoms with Crippen molar-refractivity contribution in [3.63, 3.8) is 0 Å². The summed E-state index contributed by atoms with van der Waals surface area (Å²) >= 11 is 0. The summed E-state index contributed by atoms with van der Waals surface area (Å²) in [6, 6.07) is 1.48. The van der Waals surface area contributed by atoms with E-state index >= 15 is 0 Å². The lowest BCUT2D eigenvalue weighted by Gasteiger charge is -2.08. The molecule has 5 heteroatoms. The lowest BCUT2D eigenvalue weighted by Crippen LogP contribution is -2.15. The Kier molecular flexibility index (Phi) is 5.69. The van der Waals surface area contributed by atoms with Gasteiger partial charge in [0.1, 0.15) is 11.6 Å². The second-order valence-electron chi connectivity index (χ2n) is 4.15. The Morgan fingerprint density at radius 3 is 2.94 bits per heavy atom. The predicted molar refractivity (Wildman–Crippen MR) is 68.5 cm³/mol. The topological polar surface area (TPSA) is 67.0 Å². The zero-order chi connectivity index (χ0) is 12.7. The van der Waals surface area contributed by atoms with Gasteiger partial charge in [-0.2, -0.15) is 0 Å². The largest absolute Gasteiger partial charge is 0.382 e. The standard InChI is InChI=1S/C12H21N3O2/c1-4-17-7-5-6-13-10-8-11(16)15-12(14-10)9(2)3/h8-9H,4-7H2,1-3H3,(H2,13,14,15,16). The molecule has 0 bridgehead atoms. The predicted octanol–water partition coefficient (Wildman–Crippen LogP) is 1.73. The van der Waals surface area contributed by atoms with Gasteiger partial charge < -0.3 is 15.0 Å². The summed E-state index contributed by atoms with van der Waals surface area (Å²) in [5, 5.41) is 3.13. The summed E-state index contributed by atoms with van der Waals surface area (Å²) in [6.07, 6.45) is 0.902. The van der Waals surface area contributed by atoms with Crippen molar-refractivity contribution in [1.82, 2.24) is 9.97 Å². The Hall–Kier alpha value is -1.36. The van der Waals surface area contributed by atoms with Gasteiger partial charge in [0, 0.05) is 31.7 Å². The molecule has 1 aromatic rings. The molecule has 0 fully saturated rings. The first-order chi connectivity index (χ1) is 8.13. The summed E-state index contributed by atoms with van der Waals surface area (Å²) < 4.78 is 5.23. The highest BCUT2D eigenvalue weighted by molar-refractivity contribution is 5.33. The van der Waals surface area contributed by atoms with Gasteiger partial charge in [-0.05, 0) is 13.3 Å². The number of ether oxygens (including phenoxy) is 1. The number of nitrogens with zero attached hydrogens (tertiary/aromatic N) is 1. The van der Waals surface area contributed by atoms with Gasteiger partial charge in [0.25, 0.3) is 5.56 Å². The number of nitrogens with one attached hydrogen (secondary N) is 2. The van der Waals surface area contributed by atoms with Crippen LogP contribution in [0.2, 0.25) is 0 Å². The SMILES string of the molecule is CCOCCCNc1cc(=O)[nH]c(C(C)C)n1. The van der Waals surface area contributed by atoms with Gasteiger partial charge in [0.2, 0.25) is 0 Å². The van der Waals surface area contributed by atoms with Crippen LogP contribution < -0.4 is 10.9 Å². The average Bonchev–Trinajstić information content (AvgIpc) is 2.28. The number of H-pyrrole nitrogens is 1. The van der Waals surface area contributed by atoms with E-state index in [1.165, 1.54) is 6.07 Å². The zero-order valence-corrected chi connectivity index (χ0v) is 10.7. The number of aromatic nitrogens is 2. The van der Waals surface area contributed by atoms with E-state index in [-0.39, 0.29) is 11.5 Å². The molecule has 0 aliphatic heterocycles. The molecule has 0 saturated heterocycles. The Labute approximate surface area is 102 Å². The molecule has 0 unspecified atom stereocenters.